The molecule has 1 unspecified atom stereocenters. The third-order valence-electron chi connectivity index (χ3n) is 3.23. The first kappa shape index (κ1) is 11.5. The van der Waals surface area contributed by atoms with Crippen LogP contribution in [0.15, 0.2) is 32.0 Å². The molecule has 1 N–H and O–H groups in total. The minimum Gasteiger partial charge on any atom is -0.469 e. The van der Waals surface area contributed by atoms with Gasteiger partial charge in [-0.1, -0.05) is 0 Å². The first-order chi connectivity index (χ1) is 8.33. The van der Waals surface area contributed by atoms with Gasteiger partial charge >= 0.3 is 0 Å². The molecular weight excluding hydrogens is 298 g/mol. The third kappa shape index (κ3) is 2.49. The molecule has 90 valence electrons. The van der Waals surface area contributed by atoms with Gasteiger partial charge in [0.05, 0.1) is 10.0 Å². The minimum atomic E-state index is 0.455. The molecule has 0 radical (unpaired) electrons. The standard InChI is InChI=1S/C13H14BrNOS/c14-13-6-9(8-17-13)7-15-11-2-1-3-12-10(11)4-5-16-12/h4-6,8,11,15H,1-3,7H2. The second kappa shape index (κ2) is 4.96. The van der Waals surface area contributed by atoms with E-state index < -0.39 is 0 Å². The van der Waals surface area contributed by atoms with E-state index in [1.807, 2.05) is 6.26 Å². The van der Waals surface area contributed by atoms with Gasteiger partial charge in [0.1, 0.15) is 5.76 Å². The van der Waals surface area contributed by atoms with E-state index in [9.17, 15) is 0 Å². The number of furan rings is 1. The Kier molecular flexibility index (Phi) is 3.36. The molecular formula is C13H14BrNOS. The van der Waals surface area contributed by atoms with Crippen LogP contribution in [0.1, 0.15) is 35.8 Å². The average molecular weight is 312 g/mol. The summed E-state index contributed by atoms with van der Waals surface area (Å²) in [5.74, 6) is 1.17. The van der Waals surface area contributed by atoms with E-state index in [1.165, 1.54) is 33.5 Å². The number of thiophene rings is 1. The van der Waals surface area contributed by atoms with Crippen molar-refractivity contribution in [2.24, 2.45) is 0 Å². The Morgan fingerprint density at radius 3 is 3.29 bits per heavy atom. The normalized spacial score (nSPS) is 19.2. The molecule has 1 aliphatic carbocycles. The largest absolute Gasteiger partial charge is 0.469 e. The maximum absolute atomic E-state index is 5.50. The van der Waals surface area contributed by atoms with Gasteiger partial charge < -0.3 is 9.73 Å². The van der Waals surface area contributed by atoms with Gasteiger partial charge in [0.25, 0.3) is 0 Å². The van der Waals surface area contributed by atoms with E-state index in [1.54, 1.807) is 11.3 Å². The highest BCUT2D eigenvalue weighted by molar-refractivity contribution is 9.11. The van der Waals surface area contributed by atoms with E-state index in [-0.39, 0.29) is 0 Å². The Labute approximate surface area is 113 Å². The summed E-state index contributed by atoms with van der Waals surface area (Å²) < 4.78 is 6.69. The fourth-order valence-corrected chi connectivity index (χ4v) is 3.59. The summed E-state index contributed by atoms with van der Waals surface area (Å²) in [5.41, 5.74) is 2.70. The van der Waals surface area contributed by atoms with Crippen LogP contribution < -0.4 is 5.32 Å². The van der Waals surface area contributed by atoms with Gasteiger partial charge in [-0.2, -0.15) is 0 Å². The lowest BCUT2D eigenvalue weighted by molar-refractivity contribution is 0.411. The quantitative estimate of drug-likeness (QED) is 0.915. The van der Waals surface area contributed by atoms with Crippen LogP contribution >= 0.6 is 27.3 Å². The molecule has 0 amide bonds. The number of nitrogens with one attached hydrogen (secondary N) is 1. The second-order valence-corrected chi connectivity index (χ2v) is 6.67. The van der Waals surface area contributed by atoms with E-state index >= 15 is 0 Å². The van der Waals surface area contributed by atoms with Crippen molar-refractivity contribution in [3.05, 3.63) is 44.4 Å². The van der Waals surface area contributed by atoms with Crippen LogP contribution in [0.4, 0.5) is 0 Å². The molecule has 0 spiro atoms. The predicted molar refractivity (Wildman–Crippen MR) is 73.2 cm³/mol. The molecule has 2 aromatic heterocycles. The van der Waals surface area contributed by atoms with Gasteiger partial charge in [0.2, 0.25) is 0 Å². The second-order valence-electron chi connectivity index (χ2n) is 4.38. The molecule has 1 aliphatic rings. The van der Waals surface area contributed by atoms with Crippen molar-refractivity contribution in [2.45, 2.75) is 31.8 Å². The van der Waals surface area contributed by atoms with Crippen molar-refractivity contribution in [1.29, 1.82) is 0 Å². The van der Waals surface area contributed by atoms with E-state index in [4.69, 9.17) is 4.42 Å². The topological polar surface area (TPSA) is 25.2 Å². The van der Waals surface area contributed by atoms with Crippen molar-refractivity contribution < 1.29 is 4.42 Å². The Morgan fingerprint density at radius 2 is 2.47 bits per heavy atom. The molecule has 0 fully saturated rings. The minimum absolute atomic E-state index is 0.455. The summed E-state index contributed by atoms with van der Waals surface area (Å²) in [6.45, 7) is 0.928. The van der Waals surface area contributed by atoms with Crippen LogP contribution in [0.2, 0.25) is 0 Å². The van der Waals surface area contributed by atoms with Crippen LogP contribution in [0.3, 0.4) is 0 Å². The van der Waals surface area contributed by atoms with E-state index in [0.717, 1.165) is 13.0 Å². The fraction of sp³-hybridized carbons (Fsp3) is 0.385. The molecule has 1 atom stereocenters. The number of hydrogen-bond acceptors (Lipinski definition) is 3. The zero-order valence-corrected chi connectivity index (χ0v) is 11.8. The summed E-state index contributed by atoms with van der Waals surface area (Å²) in [6.07, 6.45) is 5.32. The van der Waals surface area contributed by atoms with Crippen LogP contribution in [0.25, 0.3) is 0 Å². The number of halogens is 1. The molecule has 3 rings (SSSR count). The molecule has 2 heterocycles. The van der Waals surface area contributed by atoms with Gasteiger partial charge in [0.15, 0.2) is 0 Å². The zero-order chi connectivity index (χ0) is 11.7. The zero-order valence-electron chi connectivity index (χ0n) is 9.41. The Balaban J connectivity index is 1.67. The highest BCUT2D eigenvalue weighted by Crippen LogP contribution is 2.31. The highest BCUT2D eigenvalue weighted by Gasteiger charge is 2.21. The molecule has 0 saturated heterocycles. The lowest BCUT2D eigenvalue weighted by Crippen LogP contribution is -2.23. The number of fused-ring (bicyclic) bond motifs is 1. The smallest absolute Gasteiger partial charge is 0.108 e. The molecule has 17 heavy (non-hydrogen) atoms. The fourth-order valence-electron chi connectivity index (χ4n) is 2.38. The summed E-state index contributed by atoms with van der Waals surface area (Å²) in [7, 11) is 0. The molecule has 0 bridgehead atoms. The maximum Gasteiger partial charge on any atom is 0.108 e. The molecule has 0 aromatic carbocycles. The van der Waals surface area contributed by atoms with Crippen LogP contribution in [-0.4, -0.2) is 0 Å². The van der Waals surface area contributed by atoms with Gasteiger partial charge in [-0.25, -0.2) is 0 Å². The number of rotatable bonds is 3. The first-order valence-electron chi connectivity index (χ1n) is 5.85. The molecule has 2 aromatic rings. The van der Waals surface area contributed by atoms with E-state index in [0.29, 0.717) is 6.04 Å². The lowest BCUT2D eigenvalue weighted by atomic mass is 9.93. The van der Waals surface area contributed by atoms with Crippen molar-refractivity contribution in [3.63, 3.8) is 0 Å². The van der Waals surface area contributed by atoms with Crippen molar-refractivity contribution in [1.82, 2.24) is 5.32 Å². The van der Waals surface area contributed by atoms with Crippen molar-refractivity contribution >= 4 is 27.3 Å². The SMILES string of the molecule is Brc1cc(CNC2CCCc3occc32)cs1. The molecule has 4 heteroatoms. The van der Waals surface area contributed by atoms with Crippen molar-refractivity contribution in [2.75, 3.05) is 0 Å². The molecule has 0 saturated carbocycles. The number of aryl methyl sites for hydroxylation is 1. The monoisotopic (exact) mass is 311 g/mol. The molecule has 0 aliphatic heterocycles. The summed E-state index contributed by atoms with van der Waals surface area (Å²) in [6, 6.07) is 4.74. The van der Waals surface area contributed by atoms with Gasteiger partial charge in [-0.15, -0.1) is 11.3 Å². The van der Waals surface area contributed by atoms with E-state index in [2.05, 4.69) is 38.8 Å². The Morgan fingerprint density at radius 1 is 1.53 bits per heavy atom. The predicted octanol–water partition coefficient (Wildman–Crippen LogP) is 4.27. The highest BCUT2D eigenvalue weighted by atomic mass is 79.9. The first-order valence-corrected chi connectivity index (χ1v) is 7.53. The average Bonchev–Trinajstić information content (AvgIpc) is 2.94. The summed E-state index contributed by atoms with van der Waals surface area (Å²) in [4.78, 5) is 0. The summed E-state index contributed by atoms with van der Waals surface area (Å²) >= 11 is 5.23. The Bertz CT molecular complexity index is 505. The number of hydrogen-bond donors (Lipinski definition) is 1. The lowest BCUT2D eigenvalue weighted by Gasteiger charge is -2.22. The van der Waals surface area contributed by atoms with Crippen LogP contribution in [0, 0.1) is 0 Å². The maximum atomic E-state index is 5.50. The molecule has 2 nitrogen and oxygen atoms in total. The third-order valence-corrected chi connectivity index (χ3v) is 4.78. The van der Waals surface area contributed by atoms with Gasteiger partial charge in [0, 0.05) is 24.6 Å². The van der Waals surface area contributed by atoms with Crippen LogP contribution in [0.5, 0.6) is 0 Å². The van der Waals surface area contributed by atoms with Crippen LogP contribution in [-0.2, 0) is 13.0 Å². The summed E-state index contributed by atoms with van der Waals surface area (Å²) in [5, 5.41) is 5.81. The van der Waals surface area contributed by atoms with Gasteiger partial charge in [-0.05, 0) is 51.8 Å². The Hall–Kier alpha value is -0.580. The van der Waals surface area contributed by atoms with Gasteiger partial charge in [-0.3, -0.25) is 0 Å². The van der Waals surface area contributed by atoms with Crippen molar-refractivity contribution in [3.8, 4) is 0 Å².